The van der Waals surface area contributed by atoms with Gasteiger partial charge in [0.1, 0.15) is 0 Å². The van der Waals surface area contributed by atoms with Gasteiger partial charge in [-0.1, -0.05) is 0 Å². The zero-order chi connectivity index (χ0) is 15.8. The fourth-order valence-corrected chi connectivity index (χ4v) is 1.07. The van der Waals surface area contributed by atoms with E-state index in [0.717, 1.165) is 0 Å². The van der Waals surface area contributed by atoms with E-state index in [1.54, 1.807) is 12.1 Å². The summed E-state index contributed by atoms with van der Waals surface area (Å²) in [6.07, 6.45) is -0.160. The Bertz CT molecular complexity index is 458. The van der Waals surface area contributed by atoms with Crippen molar-refractivity contribution < 1.29 is 44.0 Å². The molecule has 1 rings (SSSR count). The van der Waals surface area contributed by atoms with Crippen molar-refractivity contribution >= 4 is 24.2 Å². The van der Waals surface area contributed by atoms with Crippen LogP contribution in [0.25, 0.3) is 0 Å². The third-order valence-electron chi connectivity index (χ3n) is 1.94. The molecule has 110 valence electrons. The average Bonchev–Trinajstić information content (AvgIpc) is 2.79. The standard InChI is InChI=1S/C6H8O7.C5H4O2/c7-3(8)1-6(13,5(11)12)2-4(9)10;6-4-5-2-1-3-7-5/h13H,1-2H2,(H,7,8)(H,9,10)(H,11,12);1-4H. The minimum atomic E-state index is -2.74. The van der Waals surface area contributed by atoms with E-state index in [-0.39, 0.29) is 0 Å². The van der Waals surface area contributed by atoms with Crippen LogP contribution in [0.3, 0.4) is 0 Å². The van der Waals surface area contributed by atoms with E-state index in [2.05, 4.69) is 4.42 Å². The summed E-state index contributed by atoms with van der Waals surface area (Å²) in [6.45, 7) is 0. The van der Waals surface area contributed by atoms with Gasteiger partial charge in [-0.2, -0.15) is 0 Å². The van der Waals surface area contributed by atoms with E-state index in [9.17, 15) is 19.2 Å². The van der Waals surface area contributed by atoms with Crippen molar-refractivity contribution in [3.63, 3.8) is 0 Å². The summed E-state index contributed by atoms with van der Waals surface area (Å²) in [5.41, 5.74) is -2.74. The Morgan fingerprint density at radius 3 is 1.85 bits per heavy atom. The highest BCUT2D eigenvalue weighted by molar-refractivity contribution is 5.88. The van der Waals surface area contributed by atoms with Crippen molar-refractivity contribution in [3.8, 4) is 0 Å². The Morgan fingerprint density at radius 2 is 1.65 bits per heavy atom. The minimum absolute atomic E-state index is 0.375. The first kappa shape index (κ1) is 17.3. The second-order valence-electron chi connectivity index (χ2n) is 3.61. The zero-order valence-electron chi connectivity index (χ0n) is 10.1. The number of aliphatic carboxylic acids is 3. The lowest BCUT2D eigenvalue weighted by molar-refractivity contribution is -0.170. The Kier molecular flexibility index (Phi) is 6.66. The first-order valence-corrected chi connectivity index (χ1v) is 5.09. The van der Waals surface area contributed by atoms with Crippen LogP contribution in [0.2, 0.25) is 0 Å². The van der Waals surface area contributed by atoms with Gasteiger partial charge >= 0.3 is 17.9 Å². The lowest BCUT2D eigenvalue weighted by Gasteiger charge is -2.18. The van der Waals surface area contributed by atoms with Crippen LogP contribution in [0.15, 0.2) is 22.8 Å². The lowest BCUT2D eigenvalue weighted by Crippen LogP contribution is -2.42. The Hall–Kier alpha value is -2.68. The smallest absolute Gasteiger partial charge is 0.336 e. The van der Waals surface area contributed by atoms with Crippen LogP contribution in [0.5, 0.6) is 0 Å². The summed E-state index contributed by atoms with van der Waals surface area (Å²) in [5, 5.41) is 33.8. The second kappa shape index (κ2) is 7.69. The van der Waals surface area contributed by atoms with Crippen LogP contribution < -0.4 is 0 Å². The average molecular weight is 288 g/mol. The zero-order valence-corrected chi connectivity index (χ0v) is 10.1. The van der Waals surface area contributed by atoms with Crippen LogP contribution in [0.4, 0.5) is 0 Å². The summed E-state index contributed by atoms with van der Waals surface area (Å²) in [7, 11) is 0. The molecular formula is C11H12O9. The number of carbonyl (C=O) groups excluding carboxylic acids is 1. The van der Waals surface area contributed by atoms with Crippen molar-refractivity contribution in [2.75, 3.05) is 0 Å². The summed E-state index contributed by atoms with van der Waals surface area (Å²) in [5.74, 6) is -4.64. The summed E-state index contributed by atoms with van der Waals surface area (Å²) in [4.78, 5) is 40.3. The molecule has 0 aromatic carbocycles. The van der Waals surface area contributed by atoms with E-state index in [1.165, 1.54) is 6.26 Å². The van der Waals surface area contributed by atoms with Crippen LogP contribution in [0.1, 0.15) is 23.4 Å². The minimum Gasteiger partial charge on any atom is -0.481 e. The normalized spacial score (nSPS) is 10.1. The van der Waals surface area contributed by atoms with Crippen LogP contribution >= 0.6 is 0 Å². The molecule has 1 heterocycles. The molecule has 9 nitrogen and oxygen atoms in total. The molecule has 20 heavy (non-hydrogen) atoms. The second-order valence-corrected chi connectivity index (χ2v) is 3.61. The van der Waals surface area contributed by atoms with E-state index in [0.29, 0.717) is 12.0 Å². The number of rotatable bonds is 6. The highest BCUT2D eigenvalue weighted by Crippen LogP contribution is 2.15. The molecule has 0 aliphatic heterocycles. The molecule has 0 atom stereocenters. The first-order valence-electron chi connectivity index (χ1n) is 5.09. The number of aliphatic hydroxyl groups is 1. The molecule has 1 aromatic rings. The van der Waals surface area contributed by atoms with E-state index in [4.69, 9.17) is 20.4 Å². The molecule has 0 bridgehead atoms. The quantitative estimate of drug-likeness (QED) is 0.521. The highest BCUT2D eigenvalue weighted by atomic mass is 16.4. The molecular weight excluding hydrogens is 276 g/mol. The van der Waals surface area contributed by atoms with Crippen LogP contribution in [-0.4, -0.2) is 50.2 Å². The fourth-order valence-electron chi connectivity index (χ4n) is 1.07. The van der Waals surface area contributed by atoms with Gasteiger partial charge in [-0.3, -0.25) is 14.4 Å². The number of hydrogen-bond donors (Lipinski definition) is 4. The Labute approximate surface area is 112 Å². The predicted octanol–water partition coefficient (Wildman–Crippen LogP) is -0.156. The van der Waals surface area contributed by atoms with Gasteiger partial charge in [0, 0.05) is 0 Å². The molecule has 0 aliphatic rings. The van der Waals surface area contributed by atoms with Crippen molar-refractivity contribution in [2.24, 2.45) is 0 Å². The van der Waals surface area contributed by atoms with Gasteiger partial charge in [-0.05, 0) is 12.1 Å². The third-order valence-corrected chi connectivity index (χ3v) is 1.94. The number of carbonyl (C=O) groups is 4. The third kappa shape index (κ3) is 6.31. The molecule has 9 heteroatoms. The molecule has 0 saturated heterocycles. The topological polar surface area (TPSA) is 162 Å². The van der Waals surface area contributed by atoms with Gasteiger partial charge in [0.25, 0.3) is 0 Å². The van der Waals surface area contributed by atoms with Gasteiger partial charge in [-0.25, -0.2) is 4.79 Å². The number of furan rings is 1. The van der Waals surface area contributed by atoms with Gasteiger partial charge in [0.15, 0.2) is 17.6 Å². The van der Waals surface area contributed by atoms with E-state index in [1.807, 2.05) is 0 Å². The molecule has 0 aliphatic carbocycles. The van der Waals surface area contributed by atoms with Gasteiger partial charge in [-0.15, -0.1) is 0 Å². The number of carboxylic acids is 3. The van der Waals surface area contributed by atoms with Crippen molar-refractivity contribution in [1.82, 2.24) is 0 Å². The number of hydrogen-bond acceptors (Lipinski definition) is 6. The monoisotopic (exact) mass is 288 g/mol. The van der Waals surface area contributed by atoms with Crippen molar-refractivity contribution in [1.29, 1.82) is 0 Å². The molecule has 0 radical (unpaired) electrons. The summed E-state index contributed by atoms with van der Waals surface area (Å²) in [6, 6.07) is 3.27. The van der Waals surface area contributed by atoms with E-state index < -0.39 is 36.4 Å². The largest absolute Gasteiger partial charge is 0.481 e. The summed E-state index contributed by atoms with van der Waals surface area (Å²) < 4.78 is 4.61. The highest BCUT2D eigenvalue weighted by Gasteiger charge is 2.40. The van der Waals surface area contributed by atoms with Crippen molar-refractivity contribution in [2.45, 2.75) is 18.4 Å². The van der Waals surface area contributed by atoms with Crippen LogP contribution in [-0.2, 0) is 14.4 Å². The SMILES string of the molecule is O=C(O)CC(O)(CC(=O)O)C(=O)O.O=Cc1ccco1. The summed E-state index contributed by atoms with van der Waals surface area (Å²) >= 11 is 0. The molecule has 0 spiro atoms. The molecule has 0 unspecified atom stereocenters. The number of aldehydes is 1. The van der Waals surface area contributed by atoms with Crippen LogP contribution in [0, 0.1) is 0 Å². The maximum absolute atomic E-state index is 10.3. The maximum atomic E-state index is 10.3. The molecule has 1 aromatic heterocycles. The molecule has 0 fully saturated rings. The van der Waals surface area contributed by atoms with Gasteiger partial charge < -0.3 is 24.8 Å². The molecule has 4 N–H and O–H groups in total. The predicted molar refractivity (Wildman–Crippen MR) is 61.2 cm³/mol. The van der Waals surface area contributed by atoms with E-state index >= 15 is 0 Å². The first-order chi connectivity index (χ1) is 9.21. The fraction of sp³-hybridized carbons (Fsp3) is 0.273. The Balaban J connectivity index is 0.000000428. The molecule has 0 amide bonds. The van der Waals surface area contributed by atoms with Gasteiger partial charge in [0.2, 0.25) is 0 Å². The maximum Gasteiger partial charge on any atom is 0.336 e. The Morgan fingerprint density at radius 1 is 1.15 bits per heavy atom. The lowest BCUT2D eigenvalue weighted by atomic mass is 9.96. The van der Waals surface area contributed by atoms with Crippen molar-refractivity contribution in [3.05, 3.63) is 24.2 Å². The number of carboxylic acid groups (broad SMARTS) is 3. The molecule has 0 saturated carbocycles. The van der Waals surface area contributed by atoms with Gasteiger partial charge in [0.05, 0.1) is 19.1 Å².